The van der Waals surface area contributed by atoms with Crippen molar-refractivity contribution in [3.63, 3.8) is 0 Å². The van der Waals surface area contributed by atoms with Crippen molar-refractivity contribution in [1.29, 1.82) is 0 Å². The zero-order chi connectivity index (χ0) is 20.5. The second-order valence-electron chi connectivity index (χ2n) is 9.99. The molecular weight excluding hydrogens is 360 g/mol. The average Bonchev–Trinajstić information content (AvgIpc) is 3.18. The fourth-order valence-corrected chi connectivity index (χ4v) is 6.49. The second-order valence-corrected chi connectivity index (χ2v) is 9.99. The third-order valence-corrected chi connectivity index (χ3v) is 7.77. The van der Waals surface area contributed by atoms with Crippen LogP contribution < -0.4 is 0 Å². The summed E-state index contributed by atoms with van der Waals surface area (Å²) < 4.78 is 11.4. The lowest BCUT2D eigenvalue weighted by atomic mass is 9.61. The van der Waals surface area contributed by atoms with Crippen LogP contribution in [0.5, 0.6) is 0 Å². The van der Waals surface area contributed by atoms with Gasteiger partial charge in [0, 0.05) is 23.7 Å². The fraction of sp³-hybridized carbons (Fsp3) is 0.773. The summed E-state index contributed by atoms with van der Waals surface area (Å²) in [6, 6.07) is 0. The fourth-order valence-electron chi connectivity index (χ4n) is 6.49. The summed E-state index contributed by atoms with van der Waals surface area (Å²) in [5, 5.41) is 33.3. The van der Waals surface area contributed by atoms with Gasteiger partial charge in [-0.3, -0.25) is 4.79 Å². The lowest BCUT2D eigenvalue weighted by molar-refractivity contribution is -0.139. The van der Waals surface area contributed by atoms with Gasteiger partial charge in [0.2, 0.25) is 0 Å². The van der Waals surface area contributed by atoms with E-state index in [1.54, 1.807) is 6.08 Å². The van der Waals surface area contributed by atoms with Gasteiger partial charge in [-0.15, -0.1) is 0 Å². The summed E-state index contributed by atoms with van der Waals surface area (Å²) >= 11 is 0. The van der Waals surface area contributed by atoms with Gasteiger partial charge in [0.25, 0.3) is 0 Å². The topological polar surface area (TPSA) is 96.2 Å². The van der Waals surface area contributed by atoms with E-state index in [9.17, 15) is 20.1 Å². The second kappa shape index (κ2) is 6.22. The van der Waals surface area contributed by atoms with E-state index in [4.69, 9.17) is 9.47 Å². The third kappa shape index (κ3) is 2.55. The highest BCUT2D eigenvalue weighted by atomic mass is 16.7. The van der Waals surface area contributed by atoms with E-state index in [1.807, 2.05) is 19.9 Å². The van der Waals surface area contributed by atoms with Crippen LogP contribution in [-0.4, -0.2) is 58.4 Å². The third-order valence-electron chi connectivity index (χ3n) is 7.77. The number of aliphatic hydroxyl groups is 3. The summed E-state index contributed by atoms with van der Waals surface area (Å²) in [5.74, 6) is -2.62. The van der Waals surface area contributed by atoms with E-state index in [-0.39, 0.29) is 17.8 Å². The first-order valence-electron chi connectivity index (χ1n) is 10.2. The Balaban J connectivity index is 1.81. The Morgan fingerprint density at radius 2 is 1.86 bits per heavy atom. The Morgan fingerprint density at radius 3 is 2.46 bits per heavy atom. The molecule has 0 unspecified atom stereocenters. The van der Waals surface area contributed by atoms with Crippen molar-refractivity contribution in [3.05, 3.63) is 23.8 Å². The van der Waals surface area contributed by atoms with Gasteiger partial charge in [-0.05, 0) is 30.4 Å². The molecule has 28 heavy (non-hydrogen) atoms. The molecule has 3 fully saturated rings. The number of hydrogen-bond acceptors (Lipinski definition) is 6. The number of carbonyl (C=O) groups excluding carboxylic acids is 1. The van der Waals surface area contributed by atoms with E-state index in [0.717, 1.165) is 5.57 Å². The number of rotatable bonds is 3. The van der Waals surface area contributed by atoms with Gasteiger partial charge in [0.1, 0.15) is 0 Å². The maximum absolute atomic E-state index is 12.5. The Kier molecular flexibility index (Phi) is 4.50. The van der Waals surface area contributed by atoms with Crippen LogP contribution >= 0.6 is 0 Å². The van der Waals surface area contributed by atoms with Crippen molar-refractivity contribution >= 4 is 5.78 Å². The molecule has 1 heterocycles. The first-order chi connectivity index (χ1) is 13.0. The van der Waals surface area contributed by atoms with E-state index in [2.05, 4.69) is 13.8 Å². The maximum Gasteiger partial charge on any atom is 0.169 e. The SMILES string of the molecule is CC1(C/C=C2/C(C)(C)C[C@@H]3[C@H](O)[C@]4(C)C=CC(=O)[C@@H](CO)[C@@H]4[C@]23O)OCCO1. The van der Waals surface area contributed by atoms with E-state index in [0.29, 0.717) is 26.1 Å². The highest BCUT2D eigenvalue weighted by Gasteiger charge is 2.73. The minimum Gasteiger partial charge on any atom is -0.396 e. The normalized spacial score (nSPS) is 47.5. The average molecular weight is 392 g/mol. The molecule has 6 atom stereocenters. The number of aliphatic hydroxyl groups excluding tert-OH is 2. The molecule has 3 N–H and O–H groups in total. The molecule has 156 valence electrons. The number of ketones is 1. The molecule has 0 amide bonds. The zero-order valence-corrected chi connectivity index (χ0v) is 17.1. The molecule has 0 aromatic carbocycles. The molecular formula is C22H32O6. The molecule has 6 heteroatoms. The Morgan fingerprint density at radius 1 is 1.21 bits per heavy atom. The van der Waals surface area contributed by atoms with Crippen LogP contribution in [0, 0.1) is 28.6 Å². The smallest absolute Gasteiger partial charge is 0.169 e. The molecule has 4 rings (SSSR count). The monoisotopic (exact) mass is 392 g/mol. The highest BCUT2D eigenvalue weighted by molar-refractivity contribution is 5.93. The quantitative estimate of drug-likeness (QED) is 0.631. The molecule has 1 saturated heterocycles. The summed E-state index contributed by atoms with van der Waals surface area (Å²) in [6.45, 7) is 8.64. The van der Waals surface area contributed by atoms with Gasteiger partial charge in [-0.1, -0.05) is 32.9 Å². The van der Waals surface area contributed by atoms with Gasteiger partial charge in [-0.25, -0.2) is 0 Å². The Hall–Kier alpha value is -1.05. The lowest BCUT2D eigenvalue weighted by Gasteiger charge is -2.45. The predicted octanol–water partition coefficient (Wildman–Crippen LogP) is 1.59. The summed E-state index contributed by atoms with van der Waals surface area (Å²) in [4.78, 5) is 12.5. The van der Waals surface area contributed by atoms with Gasteiger partial charge < -0.3 is 24.8 Å². The summed E-state index contributed by atoms with van der Waals surface area (Å²) in [5.41, 5.74) is -1.65. The van der Waals surface area contributed by atoms with Crippen molar-refractivity contribution in [2.45, 2.75) is 58.0 Å². The molecule has 1 aliphatic heterocycles. The number of carbonyl (C=O) groups is 1. The van der Waals surface area contributed by atoms with Crippen molar-refractivity contribution in [1.82, 2.24) is 0 Å². The highest BCUT2D eigenvalue weighted by Crippen LogP contribution is 2.68. The molecule has 0 bridgehead atoms. The first-order valence-corrected chi connectivity index (χ1v) is 10.2. The van der Waals surface area contributed by atoms with Crippen LogP contribution in [0.4, 0.5) is 0 Å². The minimum atomic E-state index is -1.36. The van der Waals surface area contributed by atoms with Crippen molar-refractivity contribution in [2.75, 3.05) is 19.8 Å². The van der Waals surface area contributed by atoms with Crippen molar-refractivity contribution in [2.24, 2.45) is 28.6 Å². The Bertz CT molecular complexity index is 733. The van der Waals surface area contributed by atoms with Crippen LogP contribution in [0.25, 0.3) is 0 Å². The van der Waals surface area contributed by atoms with Gasteiger partial charge in [0.15, 0.2) is 11.6 Å². The van der Waals surface area contributed by atoms with Crippen LogP contribution in [-0.2, 0) is 14.3 Å². The summed E-state index contributed by atoms with van der Waals surface area (Å²) in [6.07, 6.45) is 5.49. The van der Waals surface area contributed by atoms with Crippen molar-refractivity contribution < 1.29 is 29.6 Å². The molecule has 0 aromatic heterocycles. The molecule has 0 spiro atoms. The largest absolute Gasteiger partial charge is 0.396 e. The Labute approximate surface area is 166 Å². The molecule has 6 nitrogen and oxygen atoms in total. The predicted molar refractivity (Wildman–Crippen MR) is 102 cm³/mol. The lowest BCUT2D eigenvalue weighted by Crippen LogP contribution is -2.51. The van der Waals surface area contributed by atoms with Crippen LogP contribution in [0.2, 0.25) is 0 Å². The van der Waals surface area contributed by atoms with E-state index in [1.165, 1.54) is 6.08 Å². The van der Waals surface area contributed by atoms with Crippen LogP contribution in [0.3, 0.4) is 0 Å². The summed E-state index contributed by atoms with van der Waals surface area (Å²) in [7, 11) is 0. The van der Waals surface area contributed by atoms with E-state index < -0.39 is 40.7 Å². The standard InChI is InChI=1S/C22H32O6/c1-19(2)11-14-18(25)20(3)7-5-15(24)13(12-23)17(20)22(14,26)16(19)6-8-21(4)27-9-10-28-21/h5-7,13-14,17-18,23,25-26H,8-12H2,1-4H3/b16-6-/t13-,14-,17+,18+,20-,22-/m1/s1. The maximum atomic E-state index is 12.5. The van der Waals surface area contributed by atoms with Crippen molar-refractivity contribution in [3.8, 4) is 0 Å². The molecule has 0 aromatic rings. The number of fused-ring (bicyclic) bond motifs is 3. The minimum absolute atomic E-state index is 0.190. The van der Waals surface area contributed by atoms with Gasteiger partial charge in [0.05, 0.1) is 37.4 Å². The zero-order valence-electron chi connectivity index (χ0n) is 17.1. The molecule has 0 radical (unpaired) electrons. The number of hydrogen-bond donors (Lipinski definition) is 3. The molecule has 3 aliphatic carbocycles. The van der Waals surface area contributed by atoms with Crippen LogP contribution in [0.15, 0.2) is 23.8 Å². The first kappa shape index (κ1) is 20.2. The van der Waals surface area contributed by atoms with E-state index >= 15 is 0 Å². The number of allylic oxidation sites excluding steroid dienone is 1. The van der Waals surface area contributed by atoms with Gasteiger partial charge in [-0.2, -0.15) is 0 Å². The number of ether oxygens (including phenoxy) is 2. The molecule has 2 saturated carbocycles. The molecule has 4 aliphatic rings. The van der Waals surface area contributed by atoms with Gasteiger partial charge >= 0.3 is 0 Å². The van der Waals surface area contributed by atoms with Crippen LogP contribution in [0.1, 0.15) is 40.5 Å².